The van der Waals surface area contributed by atoms with Crippen LogP contribution in [0.15, 0.2) is 42.5 Å². The highest BCUT2D eigenvalue weighted by Crippen LogP contribution is 2.20. The Bertz CT molecular complexity index is 693. The Kier molecular flexibility index (Phi) is 2.71. The van der Waals surface area contributed by atoms with Gasteiger partial charge in [0.2, 0.25) is 0 Å². The Morgan fingerprint density at radius 2 is 1.89 bits per heavy atom. The van der Waals surface area contributed by atoms with Gasteiger partial charge in [-0.1, -0.05) is 5.21 Å². The van der Waals surface area contributed by atoms with Crippen molar-refractivity contribution in [1.82, 2.24) is 15.0 Å². The van der Waals surface area contributed by atoms with Crippen LogP contribution in [0.1, 0.15) is 0 Å². The maximum Gasteiger partial charge on any atom is 0.123 e. The summed E-state index contributed by atoms with van der Waals surface area (Å²) in [6, 6.07) is 11.8. The van der Waals surface area contributed by atoms with Crippen molar-refractivity contribution in [1.29, 1.82) is 0 Å². The minimum absolute atomic E-state index is 0.269. The molecule has 3 aromatic rings. The van der Waals surface area contributed by atoms with Crippen LogP contribution in [0.2, 0.25) is 0 Å². The first-order valence-corrected chi connectivity index (χ1v) is 6.05. The summed E-state index contributed by atoms with van der Waals surface area (Å²) in [5.41, 5.74) is 3.31. The summed E-state index contributed by atoms with van der Waals surface area (Å²) in [5.74, 6) is -0.269. The molecule has 1 aromatic heterocycles. The Hall–Kier alpha value is -1.95. The van der Waals surface area contributed by atoms with Crippen molar-refractivity contribution in [2.45, 2.75) is 0 Å². The molecule has 0 bridgehead atoms. The molecule has 18 heavy (non-hydrogen) atoms. The number of fused-ring (bicyclic) bond motifs is 1. The smallest absolute Gasteiger partial charge is 0.123 e. The number of anilines is 1. The summed E-state index contributed by atoms with van der Waals surface area (Å²) in [6.45, 7) is 0. The van der Waals surface area contributed by atoms with Crippen LogP contribution >= 0.6 is 16.1 Å². The van der Waals surface area contributed by atoms with Crippen molar-refractivity contribution >= 4 is 32.9 Å². The van der Waals surface area contributed by atoms with E-state index >= 15 is 0 Å². The number of hydrogen-bond donors (Lipinski definition) is 1. The lowest BCUT2D eigenvalue weighted by atomic mass is 10.2. The van der Waals surface area contributed by atoms with E-state index in [1.54, 1.807) is 16.8 Å². The third-order valence-electron chi connectivity index (χ3n) is 2.63. The molecule has 0 spiro atoms. The molecule has 4 nitrogen and oxygen atoms in total. The molecule has 0 atom stereocenters. The Labute approximate surface area is 111 Å². The van der Waals surface area contributed by atoms with E-state index in [4.69, 9.17) is 0 Å². The van der Waals surface area contributed by atoms with Gasteiger partial charge in [-0.3, -0.25) is 0 Å². The lowest BCUT2D eigenvalue weighted by molar-refractivity contribution is 0.627. The standard InChI is InChI=1S/C12H8BrFN4/c13-15-9-3-6-12-11(7-9)16-17-18(12)10-4-1-8(14)2-5-10/h1-7,15H. The largest absolute Gasteiger partial charge is 0.322 e. The molecule has 0 radical (unpaired) electrons. The fourth-order valence-corrected chi connectivity index (χ4v) is 2.00. The highest BCUT2D eigenvalue weighted by Gasteiger charge is 2.07. The van der Waals surface area contributed by atoms with Crippen LogP contribution in [0.5, 0.6) is 0 Å². The predicted molar refractivity (Wildman–Crippen MR) is 71.4 cm³/mol. The molecule has 90 valence electrons. The molecule has 0 saturated carbocycles. The van der Waals surface area contributed by atoms with E-state index in [0.29, 0.717) is 0 Å². The SMILES string of the molecule is Fc1ccc(-n2nnc3cc(NBr)ccc32)cc1. The molecule has 0 saturated heterocycles. The summed E-state index contributed by atoms with van der Waals surface area (Å²) in [5, 5.41) is 8.16. The molecule has 1 heterocycles. The molecule has 0 aliphatic heterocycles. The molecule has 0 unspecified atom stereocenters. The van der Waals surface area contributed by atoms with Crippen LogP contribution in [-0.4, -0.2) is 15.0 Å². The zero-order chi connectivity index (χ0) is 12.5. The molecule has 6 heteroatoms. The summed E-state index contributed by atoms with van der Waals surface area (Å²) >= 11 is 3.16. The van der Waals surface area contributed by atoms with Gasteiger partial charge in [0, 0.05) is 21.8 Å². The zero-order valence-electron chi connectivity index (χ0n) is 9.14. The number of nitrogens with one attached hydrogen (secondary N) is 1. The molecular formula is C12H8BrFN4. The number of benzene rings is 2. The number of hydrogen-bond acceptors (Lipinski definition) is 3. The number of aromatic nitrogens is 3. The van der Waals surface area contributed by atoms with Crippen LogP contribution in [0, 0.1) is 5.82 Å². The molecule has 0 fully saturated rings. The first-order chi connectivity index (χ1) is 8.78. The molecule has 0 aliphatic rings. The maximum absolute atomic E-state index is 12.9. The van der Waals surface area contributed by atoms with E-state index in [-0.39, 0.29) is 5.82 Å². The van der Waals surface area contributed by atoms with Crippen LogP contribution in [-0.2, 0) is 0 Å². The second-order valence-electron chi connectivity index (χ2n) is 3.78. The molecule has 0 amide bonds. The van der Waals surface area contributed by atoms with Crippen molar-refractivity contribution in [3.05, 3.63) is 48.3 Å². The first-order valence-electron chi connectivity index (χ1n) is 5.26. The van der Waals surface area contributed by atoms with E-state index in [9.17, 15) is 4.39 Å². The first kappa shape index (κ1) is 11.2. The Balaban J connectivity index is 2.15. The van der Waals surface area contributed by atoms with Gasteiger partial charge in [0.1, 0.15) is 11.3 Å². The molecule has 0 aliphatic carbocycles. The summed E-state index contributed by atoms with van der Waals surface area (Å²) in [4.78, 5) is 0. The lowest BCUT2D eigenvalue weighted by Crippen LogP contribution is -1.96. The number of rotatable bonds is 2. The molecule has 3 rings (SSSR count). The quantitative estimate of drug-likeness (QED) is 0.739. The van der Waals surface area contributed by atoms with Gasteiger partial charge in [0.15, 0.2) is 0 Å². The topological polar surface area (TPSA) is 42.7 Å². The van der Waals surface area contributed by atoms with E-state index in [2.05, 4.69) is 30.8 Å². The van der Waals surface area contributed by atoms with Gasteiger partial charge in [-0.2, -0.15) is 0 Å². The third-order valence-corrected chi connectivity index (χ3v) is 3.08. The van der Waals surface area contributed by atoms with Crippen LogP contribution in [0.4, 0.5) is 10.1 Å². The predicted octanol–water partition coefficient (Wildman–Crippen LogP) is 3.28. The van der Waals surface area contributed by atoms with Crippen molar-refractivity contribution in [2.24, 2.45) is 0 Å². The van der Waals surface area contributed by atoms with Crippen LogP contribution in [0.3, 0.4) is 0 Å². The monoisotopic (exact) mass is 306 g/mol. The van der Waals surface area contributed by atoms with Gasteiger partial charge < -0.3 is 4.34 Å². The van der Waals surface area contributed by atoms with E-state index in [0.717, 1.165) is 22.4 Å². The van der Waals surface area contributed by atoms with Crippen LogP contribution in [0.25, 0.3) is 16.7 Å². The van der Waals surface area contributed by atoms with Gasteiger partial charge in [-0.15, -0.1) is 5.10 Å². The van der Waals surface area contributed by atoms with Crippen molar-refractivity contribution in [3.8, 4) is 5.69 Å². The van der Waals surface area contributed by atoms with E-state index in [1.165, 1.54) is 12.1 Å². The van der Waals surface area contributed by atoms with Crippen molar-refractivity contribution in [2.75, 3.05) is 4.34 Å². The molecule has 2 aromatic carbocycles. The third kappa shape index (κ3) is 1.84. The normalized spacial score (nSPS) is 10.8. The Morgan fingerprint density at radius 3 is 2.61 bits per heavy atom. The lowest BCUT2D eigenvalue weighted by Gasteiger charge is -2.02. The summed E-state index contributed by atoms with van der Waals surface area (Å²) < 4.78 is 17.4. The minimum atomic E-state index is -0.269. The summed E-state index contributed by atoms with van der Waals surface area (Å²) in [6.07, 6.45) is 0. The number of nitrogens with zero attached hydrogens (tertiary/aromatic N) is 3. The van der Waals surface area contributed by atoms with Crippen LogP contribution < -0.4 is 4.34 Å². The summed E-state index contributed by atoms with van der Waals surface area (Å²) in [7, 11) is 0. The second kappa shape index (κ2) is 4.38. The van der Waals surface area contributed by atoms with Gasteiger partial charge in [-0.05, 0) is 42.5 Å². The Morgan fingerprint density at radius 1 is 1.11 bits per heavy atom. The average molecular weight is 307 g/mol. The second-order valence-corrected chi connectivity index (χ2v) is 4.17. The number of halogens is 2. The highest BCUT2D eigenvalue weighted by molar-refractivity contribution is 9.10. The molecular weight excluding hydrogens is 299 g/mol. The fourth-order valence-electron chi connectivity index (χ4n) is 1.76. The maximum atomic E-state index is 12.9. The van der Waals surface area contributed by atoms with Gasteiger partial charge in [0.05, 0.1) is 11.2 Å². The van der Waals surface area contributed by atoms with E-state index in [1.807, 2.05) is 18.2 Å². The van der Waals surface area contributed by atoms with Crippen molar-refractivity contribution < 1.29 is 4.39 Å². The van der Waals surface area contributed by atoms with Crippen molar-refractivity contribution in [3.63, 3.8) is 0 Å². The highest BCUT2D eigenvalue weighted by atomic mass is 79.9. The van der Waals surface area contributed by atoms with Gasteiger partial charge in [-0.25, -0.2) is 9.07 Å². The fraction of sp³-hybridized carbons (Fsp3) is 0. The average Bonchev–Trinajstić information content (AvgIpc) is 2.82. The minimum Gasteiger partial charge on any atom is -0.322 e. The van der Waals surface area contributed by atoms with E-state index < -0.39 is 0 Å². The zero-order valence-corrected chi connectivity index (χ0v) is 10.7. The van der Waals surface area contributed by atoms with Gasteiger partial charge >= 0.3 is 0 Å². The van der Waals surface area contributed by atoms with Gasteiger partial charge in [0.25, 0.3) is 0 Å². The molecule has 1 N–H and O–H groups in total.